The third kappa shape index (κ3) is 4.17. The molecule has 0 bridgehead atoms. The molecule has 2 heterocycles. The van der Waals surface area contributed by atoms with Crippen LogP contribution in [0.15, 0.2) is 54.6 Å². The minimum absolute atomic E-state index is 0.111. The number of nitrogens with one attached hydrogen (secondary N) is 1. The van der Waals surface area contributed by atoms with E-state index in [0.29, 0.717) is 36.0 Å². The number of aromatic nitrogens is 2. The van der Waals surface area contributed by atoms with Crippen LogP contribution in [-0.4, -0.2) is 33.0 Å². The van der Waals surface area contributed by atoms with Gasteiger partial charge in [-0.15, -0.1) is 0 Å². The fraction of sp³-hybridized carbons (Fsp3) is 0.227. The van der Waals surface area contributed by atoms with Gasteiger partial charge in [-0.05, 0) is 42.7 Å². The monoisotopic (exact) mass is 408 g/mol. The lowest BCUT2D eigenvalue weighted by Crippen LogP contribution is -2.30. The molecule has 148 valence electrons. The van der Waals surface area contributed by atoms with Crippen LogP contribution < -0.4 is 5.32 Å². The van der Waals surface area contributed by atoms with Gasteiger partial charge in [0.15, 0.2) is 5.69 Å². The number of carbonyl (C=O) groups is 2. The molecular formula is C22H21ClN4O2. The van der Waals surface area contributed by atoms with Gasteiger partial charge in [0.25, 0.3) is 11.8 Å². The molecule has 0 radical (unpaired) electrons. The normalized spacial score (nSPS) is 13.7. The maximum absolute atomic E-state index is 13.0. The molecule has 6 nitrogen and oxygen atoms in total. The number of amides is 2. The lowest BCUT2D eigenvalue weighted by atomic mass is 10.2. The summed E-state index contributed by atoms with van der Waals surface area (Å²) in [4.78, 5) is 27.5. The van der Waals surface area contributed by atoms with E-state index >= 15 is 0 Å². The van der Waals surface area contributed by atoms with Crippen molar-refractivity contribution in [3.8, 4) is 0 Å². The van der Waals surface area contributed by atoms with Gasteiger partial charge in [-0.2, -0.15) is 5.10 Å². The average molecular weight is 409 g/mol. The Hall–Kier alpha value is -3.12. The molecule has 0 atom stereocenters. The number of anilines is 1. The van der Waals surface area contributed by atoms with Crippen molar-refractivity contribution in [1.82, 2.24) is 14.7 Å². The minimum Gasteiger partial charge on any atom is -0.333 e. The summed E-state index contributed by atoms with van der Waals surface area (Å²) in [5.74, 6) is -0.459. The number of halogens is 1. The molecule has 1 aliphatic rings. The summed E-state index contributed by atoms with van der Waals surface area (Å²) in [6.07, 6.45) is 0.782. The first-order valence-corrected chi connectivity index (χ1v) is 9.87. The number of hydrogen-bond acceptors (Lipinski definition) is 3. The predicted molar refractivity (Wildman–Crippen MR) is 112 cm³/mol. The van der Waals surface area contributed by atoms with Gasteiger partial charge in [0.1, 0.15) is 5.69 Å². The lowest BCUT2D eigenvalue weighted by molar-refractivity contribution is 0.0745. The second-order valence-electron chi connectivity index (χ2n) is 7.12. The zero-order chi connectivity index (χ0) is 20.4. The van der Waals surface area contributed by atoms with Crippen molar-refractivity contribution in [2.24, 2.45) is 0 Å². The van der Waals surface area contributed by atoms with Crippen molar-refractivity contribution in [3.63, 3.8) is 0 Å². The summed E-state index contributed by atoms with van der Waals surface area (Å²) >= 11 is 5.97. The van der Waals surface area contributed by atoms with Crippen LogP contribution in [0.25, 0.3) is 0 Å². The van der Waals surface area contributed by atoms with E-state index in [9.17, 15) is 9.59 Å². The molecule has 7 heteroatoms. The molecule has 1 aliphatic heterocycles. The van der Waals surface area contributed by atoms with Crippen LogP contribution in [0, 0.1) is 6.92 Å². The van der Waals surface area contributed by atoms with Gasteiger partial charge in [-0.25, -0.2) is 0 Å². The summed E-state index contributed by atoms with van der Waals surface area (Å²) in [5.41, 5.74) is 3.27. The fourth-order valence-electron chi connectivity index (χ4n) is 3.45. The minimum atomic E-state index is -0.349. The zero-order valence-electron chi connectivity index (χ0n) is 16.1. The van der Waals surface area contributed by atoms with Gasteiger partial charge in [0.2, 0.25) is 0 Å². The smallest absolute Gasteiger partial charge is 0.276 e. The quantitative estimate of drug-likeness (QED) is 0.705. The molecule has 2 amide bonds. The Bertz CT molecular complexity index is 1060. The summed E-state index contributed by atoms with van der Waals surface area (Å²) in [6, 6.07) is 16.7. The highest BCUT2D eigenvalue weighted by molar-refractivity contribution is 6.30. The second-order valence-corrected chi connectivity index (χ2v) is 7.55. The van der Waals surface area contributed by atoms with Gasteiger partial charge < -0.3 is 10.2 Å². The van der Waals surface area contributed by atoms with E-state index in [1.165, 1.54) is 0 Å². The van der Waals surface area contributed by atoms with Gasteiger partial charge in [-0.1, -0.05) is 41.9 Å². The standard InChI is InChI=1S/C22H21ClN4O2/c1-15-12-17(23)8-9-18(15)24-21(28)19-13-20-22(29)26(10-5-11-27(20)25-19)14-16-6-3-2-4-7-16/h2-4,6-9,12-13H,5,10-11,14H2,1H3,(H,24,28). The molecule has 3 aromatic rings. The third-order valence-corrected chi connectivity index (χ3v) is 5.20. The molecular weight excluding hydrogens is 388 g/mol. The van der Waals surface area contributed by atoms with E-state index in [1.807, 2.05) is 37.3 Å². The van der Waals surface area contributed by atoms with Gasteiger partial charge >= 0.3 is 0 Å². The largest absolute Gasteiger partial charge is 0.333 e. The first kappa shape index (κ1) is 19.2. The summed E-state index contributed by atoms with van der Waals surface area (Å²) in [7, 11) is 0. The van der Waals surface area contributed by atoms with Gasteiger partial charge in [-0.3, -0.25) is 14.3 Å². The van der Waals surface area contributed by atoms with Crippen LogP contribution in [0.4, 0.5) is 5.69 Å². The molecule has 4 rings (SSSR count). The van der Waals surface area contributed by atoms with Crippen molar-refractivity contribution in [1.29, 1.82) is 0 Å². The molecule has 0 unspecified atom stereocenters. The number of nitrogens with zero attached hydrogens (tertiary/aromatic N) is 3. The maximum Gasteiger partial charge on any atom is 0.276 e. The SMILES string of the molecule is Cc1cc(Cl)ccc1NC(=O)c1cc2n(n1)CCCN(Cc1ccccc1)C2=O. The van der Waals surface area contributed by atoms with Crippen LogP contribution in [0.5, 0.6) is 0 Å². The van der Waals surface area contributed by atoms with Crippen LogP contribution in [0.3, 0.4) is 0 Å². The second kappa shape index (κ2) is 8.09. The number of hydrogen-bond donors (Lipinski definition) is 1. The molecule has 29 heavy (non-hydrogen) atoms. The summed E-state index contributed by atoms with van der Waals surface area (Å²) in [5, 5.41) is 7.83. The predicted octanol–water partition coefficient (Wildman–Crippen LogP) is 4.14. The number of carbonyl (C=O) groups excluding carboxylic acids is 2. The Morgan fingerprint density at radius 1 is 1.14 bits per heavy atom. The Kier molecular flexibility index (Phi) is 5.36. The van der Waals surface area contributed by atoms with Crippen molar-refractivity contribution in [2.45, 2.75) is 26.4 Å². The van der Waals surface area contributed by atoms with E-state index in [2.05, 4.69) is 10.4 Å². The van der Waals surface area contributed by atoms with Crippen molar-refractivity contribution < 1.29 is 9.59 Å². The molecule has 1 aromatic heterocycles. The Balaban J connectivity index is 1.54. The van der Waals surface area contributed by atoms with Crippen LogP contribution in [-0.2, 0) is 13.1 Å². The number of benzene rings is 2. The zero-order valence-corrected chi connectivity index (χ0v) is 16.8. The van der Waals surface area contributed by atoms with Crippen molar-refractivity contribution >= 4 is 29.1 Å². The molecule has 1 N–H and O–H groups in total. The third-order valence-electron chi connectivity index (χ3n) is 4.97. The van der Waals surface area contributed by atoms with E-state index in [4.69, 9.17) is 11.6 Å². The highest BCUT2D eigenvalue weighted by Crippen LogP contribution is 2.21. The van der Waals surface area contributed by atoms with E-state index in [-0.39, 0.29) is 17.5 Å². The molecule has 0 saturated carbocycles. The molecule has 2 aromatic carbocycles. The van der Waals surface area contributed by atoms with Crippen LogP contribution >= 0.6 is 11.6 Å². The van der Waals surface area contributed by atoms with Crippen molar-refractivity contribution in [3.05, 3.63) is 82.1 Å². The molecule has 0 spiro atoms. The number of rotatable bonds is 4. The van der Waals surface area contributed by atoms with E-state index in [0.717, 1.165) is 17.5 Å². The highest BCUT2D eigenvalue weighted by atomic mass is 35.5. The summed E-state index contributed by atoms with van der Waals surface area (Å²) in [6.45, 7) is 3.66. The molecule has 0 aliphatic carbocycles. The Morgan fingerprint density at radius 3 is 2.69 bits per heavy atom. The average Bonchev–Trinajstić information content (AvgIpc) is 3.08. The first-order chi connectivity index (χ1) is 14.0. The van der Waals surface area contributed by atoms with E-state index < -0.39 is 0 Å². The number of fused-ring (bicyclic) bond motifs is 1. The Labute approximate surface area is 174 Å². The number of aryl methyl sites for hydroxylation is 2. The molecule has 0 saturated heterocycles. The van der Waals surface area contributed by atoms with Crippen molar-refractivity contribution in [2.75, 3.05) is 11.9 Å². The first-order valence-electron chi connectivity index (χ1n) is 9.50. The molecule has 0 fully saturated rings. The van der Waals surface area contributed by atoms with Crippen LogP contribution in [0.1, 0.15) is 38.5 Å². The van der Waals surface area contributed by atoms with Gasteiger partial charge in [0, 0.05) is 36.4 Å². The van der Waals surface area contributed by atoms with Crippen LogP contribution in [0.2, 0.25) is 5.02 Å². The Morgan fingerprint density at radius 2 is 1.93 bits per heavy atom. The topological polar surface area (TPSA) is 67.2 Å². The lowest BCUT2D eigenvalue weighted by Gasteiger charge is -2.20. The highest BCUT2D eigenvalue weighted by Gasteiger charge is 2.26. The summed E-state index contributed by atoms with van der Waals surface area (Å²) < 4.78 is 1.64. The fourth-order valence-corrected chi connectivity index (χ4v) is 3.68. The van der Waals surface area contributed by atoms with E-state index in [1.54, 1.807) is 33.8 Å². The van der Waals surface area contributed by atoms with Gasteiger partial charge in [0.05, 0.1) is 0 Å². The maximum atomic E-state index is 13.0.